The van der Waals surface area contributed by atoms with Gasteiger partial charge in [0.1, 0.15) is 17.6 Å². The molecule has 1 aliphatic rings. The summed E-state index contributed by atoms with van der Waals surface area (Å²) in [6.45, 7) is 0.340. The minimum Gasteiger partial charge on any atom is -0.497 e. The lowest BCUT2D eigenvalue weighted by Gasteiger charge is -2.21. The average Bonchev–Trinajstić information content (AvgIpc) is 2.95. The lowest BCUT2D eigenvalue weighted by Crippen LogP contribution is -2.39. The molecule has 1 fully saturated rings. The van der Waals surface area contributed by atoms with Gasteiger partial charge in [-0.05, 0) is 30.3 Å². The van der Waals surface area contributed by atoms with Gasteiger partial charge < -0.3 is 19.7 Å². The first-order valence-corrected chi connectivity index (χ1v) is 9.27. The van der Waals surface area contributed by atoms with Crippen LogP contribution in [0.1, 0.15) is 6.42 Å². The van der Waals surface area contributed by atoms with Gasteiger partial charge >= 0.3 is 6.03 Å². The molecule has 1 saturated heterocycles. The number of hydrogen-bond donors (Lipinski definition) is 1. The molecule has 1 N–H and O–H groups in total. The van der Waals surface area contributed by atoms with E-state index in [0.29, 0.717) is 11.4 Å². The first-order valence-electron chi connectivity index (χ1n) is 9.27. The zero-order valence-electron chi connectivity index (χ0n) is 16.6. The summed E-state index contributed by atoms with van der Waals surface area (Å²) in [6.07, 6.45) is -0.273. The molecule has 2 aromatic rings. The third kappa shape index (κ3) is 4.57. The predicted molar refractivity (Wildman–Crippen MR) is 108 cm³/mol. The highest BCUT2D eigenvalue weighted by atomic mass is 19.1. The third-order valence-corrected chi connectivity index (χ3v) is 4.65. The second-order valence-corrected chi connectivity index (χ2v) is 6.62. The minimum absolute atomic E-state index is 0.138. The topological polar surface area (TPSA) is 88.2 Å². The number of halogens is 1. The molecular weight excluding hydrogens is 393 g/mol. The van der Waals surface area contributed by atoms with Gasteiger partial charge in [-0.15, -0.1) is 0 Å². The van der Waals surface area contributed by atoms with E-state index in [0.717, 1.165) is 4.90 Å². The fourth-order valence-electron chi connectivity index (χ4n) is 3.22. The number of ether oxygens (including phenoxy) is 2. The number of rotatable bonds is 8. The Morgan fingerprint density at radius 3 is 2.60 bits per heavy atom. The van der Waals surface area contributed by atoms with Crippen molar-refractivity contribution in [1.82, 2.24) is 4.90 Å². The maximum Gasteiger partial charge on any atom is 0.332 e. The van der Waals surface area contributed by atoms with Gasteiger partial charge in [-0.1, -0.05) is 12.1 Å². The average molecular weight is 415 g/mol. The van der Waals surface area contributed by atoms with E-state index in [1.807, 2.05) is 0 Å². The maximum absolute atomic E-state index is 13.3. The molecule has 0 aliphatic carbocycles. The van der Waals surface area contributed by atoms with Gasteiger partial charge in [0.2, 0.25) is 5.91 Å². The Kier molecular flexibility index (Phi) is 6.63. The van der Waals surface area contributed by atoms with Gasteiger partial charge in [0.15, 0.2) is 0 Å². The van der Waals surface area contributed by atoms with Gasteiger partial charge in [0.05, 0.1) is 25.8 Å². The second kappa shape index (κ2) is 9.36. The van der Waals surface area contributed by atoms with Crippen molar-refractivity contribution in [2.24, 2.45) is 0 Å². The van der Waals surface area contributed by atoms with Crippen LogP contribution in [0.3, 0.4) is 0 Å². The highest BCUT2D eigenvalue weighted by Crippen LogP contribution is 2.29. The standard InChI is InChI=1S/C21H22FN3O5/c1-29-10-9-24-18(13-19(26)23-15-6-3-5-14(22)11-15)20(27)25(21(24)28)16-7-4-8-17(12-16)30-2/h3-8,11-12,18H,9-10,13H2,1-2H3,(H,23,26)/t18-/m0/s1. The van der Waals surface area contributed by atoms with Crippen LogP contribution < -0.4 is 15.0 Å². The molecule has 0 unspecified atom stereocenters. The van der Waals surface area contributed by atoms with E-state index in [-0.39, 0.29) is 25.3 Å². The van der Waals surface area contributed by atoms with E-state index < -0.39 is 29.7 Å². The molecular formula is C21H22FN3O5. The number of methoxy groups -OCH3 is 2. The number of nitrogens with one attached hydrogen (secondary N) is 1. The largest absolute Gasteiger partial charge is 0.497 e. The van der Waals surface area contributed by atoms with E-state index >= 15 is 0 Å². The number of imide groups is 1. The van der Waals surface area contributed by atoms with E-state index in [4.69, 9.17) is 9.47 Å². The molecule has 1 atom stereocenters. The summed E-state index contributed by atoms with van der Waals surface area (Å²) in [5, 5.41) is 2.56. The normalized spacial score (nSPS) is 16.2. The lowest BCUT2D eigenvalue weighted by molar-refractivity contribution is -0.124. The summed E-state index contributed by atoms with van der Waals surface area (Å²) in [5.41, 5.74) is 0.615. The number of anilines is 2. The molecule has 0 radical (unpaired) electrons. The van der Waals surface area contributed by atoms with Crippen molar-refractivity contribution in [3.63, 3.8) is 0 Å². The van der Waals surface area contributed by atoms with Crippen molar-refractivity contribution in [3.8, 4) is 5.75 Å². The molecule has 0 aromatic heterocycles. The number of hydrogen-bond acceptors (Lipinski definition) is 5. The summed E-state index contributed by atoms with van der Waals surface area (Å²) in [5.74, 6) is -1.05. The quantitative estimate of drug-likeness (QED) is 0.670. The summed E-state index contributed by atoms with van der Waals surface area (Å²) >= 11 is 0. The highest BCUT2D eigenvalue weighted by molar-refractivity contribution is 6.22. The van der Waals surface area contributed by atoms with E-state index in [1.54, 1.807) is 24.3 Å². The summed E-state index contributed by atoms with van der Waals surface area (Å²) < 4.78 is 23.6. The van der Waals surface area contributed by atoms with Crippen LogP contribution in [-0.4, -0.2) is 56.2 Å². The SMILES string of the molecule is COCCN1C(=O)N(c2cccc(OC)c2)C(=O)[C@@H]1CC(=O)Nc1cccc(F)c1. The number of carbonyl (C=O) groups is 3. The van der Waals surface area contributed by atoms with Crippen molar-refractivity contribution in [3.05, 3.63) is 54.3 Å². The lowest BCUT2D eigenvalue weighted by atomic mass is 10.1. The Morgan fingerprint density at radius 2 is 1.90 bits per heavy atom. The van der Waals surface area contributed by atoms with E-state index in [2.05, 4.69) is 5.32 Å². The molecule has 30 heavy (non-hydrogen) atoms. The van der Waals surface area contributed by atoms with Crippen LogP contribution in [0.15, 0.2) is 48.5 Å². The van der Waals surface area contributed by atoms with Gasteiger partial charge in [0, 0.05) is 25.4 Å². The maximum atomic E-state index is 13.3. The Hall–Kier alpha value is -3.46. The zero-order chi connectivity index (χ0) is 21.7. The van der Waals surface area contributed by atoms with Crippen molar-refractivity contribution in [2.75, 3.05) is 37.6 Å². The highest BCUT2D eigenvalue weighted by Gasteiger charge is 2.46. The van der Waals surface area contributed by atoms with Crippen LogP contribution in [-0.2, 0) is 14.3 Å². The molecule has 1 aliphatic heterocycles. The number of amides is 4. The molecule has 3 rings (SSSR count). The van der Waals surface area contributed by atoms with Crippen LogP contribution in [0.25, 0.3) is 0 Å². The van der Waals surface area contributed by atoms with Gasteiger partial charge in [-0.25, -0.2) is 14.1 Å². The van der Waals surface area contributed by atoms with Crippen LogP contribution >= 0.6 is 0 Å². The molecule has 0 bridgehead atoms. The van der Waals surface area contributed by atoms with Crippen molar-refractivity contribution >= 4 is 29.2 Å². The molecule has 0 spiro atoms. The fourth-order valence-corrected chi connectivity index (χ4v) is 3.22. The molecule has 0 saturated carbocycles. The van der Waals surface area contributed by atoms with Gasteiger partial charge in [0.25, 0.3) is 5.91 Å². The Bertz CT molecular complexity index is 952. The third-order valence-electron chi connectivity index (χ3n) is 4.65. The molecule has 9 heteroatoms. The smallest absolute Gasteiger partial charge is 0.332 e. The fraction of sp³-hybridized carbons (Fsp3) is 0.286. The predicted octanol–water partition coefficient (Wildman–Crippen LogP) is 2.65. The summed E-state index contributed by atoms with van der Waals surface area (Å²) in [6, 6.07) is 10.4. The summed E-state index contributed by atoms with van der Waals surface area (Å²) in [7, 11) is 2.96. The zero-order valence-corrected chi connectivity index (χ0v) is 16.6. The Labute approximate surface area is 173 Å². The van der Waals surface area contributed by atoms with Crippen molar-refractivity contribution < 1.29 is 28.2 Å². The van der Waals surface area contributed by atoms with Gasteiger partial charge in [-0.3, -0.25) is 9.59 Å². The molecule has 4 amide bonds. The molecule has 1 heterocycles. The number of benzene rings is 2. The van der Waals surface area contributed by atoms with E-state index in [9.17, 15) is 18.8 Å². The molecule has 158 valence electrons. The molecule has 2 aromatic carbocycles. The van der Waals surface area contributed by atoms with Crippen LogP contribution in [0.5, 0.6) is 5.75 Å². The first kappa shape index (κ1) is 21.3. The van der Waals surface area contributed by atoms with Crippen LogP contribution in [0.4, 0.5) is 20.6 Å². The first-order chi connectivity index (χ1) is 14.4. The Balaban J connectivity index is 1.82. The minimum atomic E-state index is -1.01. The number of carbonyl (C=O) groups excluding carboxylic acids is 3. The summed E-state index contributed by atoms with van der Waals surface area (Å²) in [4.78, 5) is 40.9. The van der Waals surface area contributed by atoms with E-state index in [1.165, 1.54) is 43.4 Å². The molecule has 8 nitrogen and oxygen atoms in total. The number of urea groups is 1. The van der Waals surface area contributed by atoms with Gasteiger partial charge in [-0.2, -0.15) is 0 Å². The van der Waals surface area contributed by atoms with Crippen molar-refractivity contribution in [2.45, 2.75) is 12.5 Å². The number of nitrogens with zero attached hydrogens (tertiary/aromatic N) is 2. The van der Waals surface area contributed by atoms with Crippen LogP contribution in [0, 0.1) is 5.82 Å². The monoisotopic (exact) mass is 415 g/mol. The Morgan fingerprint density at radius 1 is 1.13 bits per heavy atom. The van der Waals surface area contributed by atoms with Crippen LogP contribution in [0.2, 0.25) is 0 Å². The second-order valence-electron chi connectivity index (χ2n) is 6.62. The van der Waals surface area contributed by atoms with Crippen molar-refractivity contribution in [1.29, 1.82) is 0 Å².